The van der Waals surface area contributed by atoms with Crippen molar-refractivity contribution in [3.63, 3.8) is 0 Å². The Morgan fingerprint density at radius 2 is 1.12 bits per heavy atom. The molecule has 0 N–H and O–H groups in total. The van der Waals surface area contributed by atoms with E-state index >= 15 is 0 Å². The highest BCUT2D eigenvalue weighted by Crippen LogP contribution is 2.53. The predicted molar refractivity (Wildman–Crippen MR) is 171 cm³/mol. The molecule has 0 saturated carbocycles. The number of para-hydroxylation sites is 1. The Kier molecular flexibility index (Phi) is 5.20. The van der Waals surface area contributed by atoms with Crippen LogP contribution in [0.15, 0.2) is 133 Å². The first-order chi connectivity index (χ1) is 20.1. The predicted octanol–water partition coefficient (Wildman–Crippen LogP) is 10.1. The lowest BCUT2D eigenvalue weighted by molar-refractivity contribution is 0.666. The first kappa shape index (κ1) is 23.8. The van der Waals surface area contributed by atoms with Crippen molar-refractivity contribution in [1.29, 1.82) is 0 Å². The molecule has 0 saturated heterocycles. The Hall–Kier alpha value is -5.08. The van der Waals surface area contributed by atoms with E-state index in [1.807, 2.05) is 0 Å². The summed E-state index contributed by atoms with van der Waals surface area (Å²) in [5, 5.41) is 3.51. The van der Waals surface area contributed by atoms with Crippen molar-refractivity contribution in [2.24, 2.45) is 0 Å². The topological polar surface area (TPSA) is 25.8 Å². The summed E-state index contributed by atoms with van der Waals surface area (Å²) < 4.78 is 0. The zero-order valence-corrected chi connectivity index (χ0v) is 23.1. The fourth-order valence-corrected chi connectivity index (χ4v) is 6.74. The molecule has 0 fully saturated rings. The second-order valence-electron chi connectivity index (χ2n) is 11.4. The molecule has 8 rings (SSSR count). The molecule has 0 amide bonds. The van der Waals surface area contributed by atoms with E-state index in [0.717, 1.165) is 33.5 Å². The lowest BCUT2D eigenvalue weighted by Crippen LogP contribution is -2.15. The highest BCUT2D eigenvalue weighted by molar-refractivity contribution is 6.06. The van der Waals surface area contributed by atoms with Gasteiger partial charge in [0.1, 0.15) is 0 Å². The van der Waals surface area contributed by atoms with Crippen LogP contribution in [0, 0.1) is 0 Å². The molecular formula is C39H28N2. The van der Waals surface area contributed by atoms with Crippen LogP contribution in [-0.4, -0.2) is 9.97 Å². The number of fused-ring (bicyclic) bond motifs is 6. The molecule has 0 spiro atoms. The third-order valence-electron chi connectivity index (χ3n) is 8.65. The van der Waals surface area contributed by atoms with E-state index in [9.17, 15) is 0 Å². The standard InChI is InChI=1S/C39H28N2/c1-39(2)34-21-10-8-18-29(34)32-24-33(28-17-6-7-19-30(28)36(32)39)38-40-35-22-11-9-20-31(35)37(41-38)27-16-12-15-26(23-27)25-13-4-3-5-14-25/h3-24H,1-2H3. The molecule has 1 aliphatic carbocycles. The lowest BCUT2D eigenvalue weighted by atomic mass is 9.79. The van der Waals surface area contributed by atoms with Crippen molar-refractivity contribution in [1.82, 2.24) is 9.97 Å². The Bertz CT molecular complexity index is 2120. The minimum absolute atomic E-state index is 0.0860. The maximum absolute atomic E-state index is 5.33. The molecule has 1 aliphatic rings. The average molecular weight is 525 g/mol. The molecular weight excluding hydrogens is 496 g/mol. The maximum atomic E-state index is 5.33. The third-order valence-corrected chi connectivity index (χ3v) is 8.65. The Labute approximate surface area is 240 Å². The molecule has 0 atom stereocenters. The average Bonchev–Trinajstić information content (AvgIpc) is 3.27. The van der Waals surface area contributed by atoms with E-state index in [0.29, 0.717) is 0 Å². The molecule has 194 valence electrons. The summed E-state index contributed by atoms with van der Waals surface area (Å²) in [4.78, 5) is 10.5. The molecule has 6 aromatic carbocycles. The number of benzene rings is 6. The fourth-order valence-electron chi connectivity index (χ4n) is 6.74. The maximum Gasteiger partial charge on any atom is 0.161 e. The summed E-state index contributed by atoms with van der Waals surface area (Å²) in [6, 6.07) is 47.5. The molecule has 2 heteroatoms. The van der Waals surface area contributed by atoms with Crippen molar-refractivity contribution >= 4 is 21.7 Å². The lowest BCUT2D eigenvalue weighted by Gasteiger charge is -2.24. The van der Waals surface area contributed by atoms with E-state index in [-0.39, 0.29) is 5.41 Å². The van der Waals surface area contributed by atoms with Gasteiger partial charge >= 0.3 is 0 Å². The normalized spacial score (nSPS) is 13.3. The zero-order chi connectivity index (χ0) is 27.6. The zero-order valence-electron chi connectivity index (χ0n) is 23.1. The molecule has 1 heterocycles. The molecule has 0 aliphatic heterocycles. The third kappa shape index (κ3) is 3.64. The van der Waals surface area contributed by atoms with Gasteiger partial charge in [0.25, 0.3) is 0 Å². The van der Waals surface area contributed by atoms with Crippen LogP contribution in [0.1, 0.15) is 25.0 Å². The number of rotatable bonds is 3. The summed E-state index contributed by atoms with van der Waals surface area (Å²) in [6.45, 7) is 4.68. The first-order valence-electron chi connectivity index (χ1n) is 14.2. The van der Waals surface area contributed by atoms with Crippen LogP contribution in [0.25, 0.3) is 66.6 Å². The van der Waals surface area contributed by atoms with Crippen LogP contribution in [0.3, 0.4) is 0 Å². The molecule has 0 unspecified atom stereocenters. The van der Waals surface area contributed by atoms with Crippen LogP contribution in [0.4, 0.5) is 0 Å². The number of hydrogen-bond acceptors (Lipinski definition) is 2. The quantitative estimate of drug-likeness (QED) is 0.230. The van der Waals surface area contributed by atoms with Gasteiger partial charge in [-0.2, -0.15) is 0 Å². The van der Waals surface area contributed by atoms with Crippen molar-refractivity contribution in [2.45, 2.75) is 19.3 Å². The second-order valence-corrected chi connectivity index (χ2v) is 11.4. The smallest absolute Gasteiger partial charge is 0.161 e. The minimum Gasteiger partial charge on any atom is -0.228 e. The van der Waals surface area contributed by atoms with Gasteiger partial charge in [0, 0.05) is 21.9 Å². The Morgan fingerprint density at radius 1 is 0.463 bits per heavy atom. The molecule has 1 aromatic heterocycles. The summed E-state index contributed by atoms with van der Waals surface area (Å²) in [6.07, 6.45) is 0. The van der Waals surface area contributed by atoms with Crippen LogP contribution < -0.4 is 0 Å². The summed E-state index contributed by atoms with van der Waals surface area (Å²) >= 11 is 0. The van der Waals surface area contributed by atoms with Gasteiger partial charge in [-0.05, 0) is 62.4 Å². The van der Waals surface area contributed by atoms with Crippen LogP contribution in [0.5, 0.6) is 0 Å². The molecule has 0 radical (unpaired) electrons. The number of nitrogens with zero attached hydrogens (tertiary/aromatic N) is 2. The number of hydrogen-bond donors (Lipinski definition) is 0. The summed E-state index contributed by atoms with van der Waals surface area (Å²) in [5.41, 5.74) is 11.7. The van der Waals surface area contributed by atoms with Crippen LogP contribution in [-0.2, 0) is 5.41 Å². The molecule has 7 aromatic rings. The Balaban J connectivity index is 1.41. The van der Waals surface area contributed by atoms with Gasteiger partial charge < -0.3 is 0 Å². The minimum atomic E-state index is -0.0860. The van der Waals surface area contributed by atoms with Gasteiger partial charge in [0.15, 0.2) is 5.82 Å². The van der Waals surface area contributed by atoms with E-state index in [2.05, 4.69) is 147 Å². The summed E-state index contributed by atoms with van der Waals surface area (Å²) in [5.74, 6) is 0.755. The highest BCUT2D eigenvalue weighted by Gasteiger charge is 2.37. The molecule has 2 nitrogen and oxygen atoms in total. The van der Waals surface area contributed by atoms with Crippen LogP contribution >= 0.6 is 0 Å². The SMILES string of the molecule is CC1(C)c2ccccc2-c2cc(-c3nc(-c4cccc(-c5ccccc5)c4)c4ccccc4n3)c3ccccc3c21. The largest absolute Gasteiger partial charge is 0.228 e. The van der Waals surface area contributed by atoms with Gasteiger partial charge in [-0.1, -0.05) is 129 Å². The van der Waals surface area contributed by atoms with Gasteiger partial charge in [0.2, 0.25) is 0 Å². The second kappa shape index (κ2) is 8.97. The van der Waals surface area contributed by atoms with Crippen LogP contribution in [0.2, 0.25) is 0 Å². The fraction of sp³-hybridized carbons (Fsp3) is 0.0769. The van der Waals surface area contributed by atoms with E-state index in [1.165, 1.54) is 44.2 Å². The van der Waals surface area contributed by atoms with Gasteiger partial charge in [-0.15, -0.1) is 0 Å². The van der Waals surface area contributed by atoms with Crippen molar-refractivity contribution in [3.8, 4) is 44.9 Å². The summed E-state index contributed by atoms with van der Waals surface area (Å²) in [7, 11) is 0. The van der Waals surface area contributed by atoms with Gasteiger partial charge in [-0.25, -0.2) is 9.97 Å². The first-order valence-corrected chi connectivity index (χ1v) is 14.2. The van der Waals surface area contributed by atoms with E-state index in [1.54, 1.807) is 0 Å². The molecule has 0 bridgehead atoms. The highest BCUT2D eigenvalue weighted by atomic mass is 14.9. The van der Waals surface area contributed by atoms with Crippen molar-refractivity contribution in [2.75, 3.05) is 0 Å². The van der Waals surface area contributed by atoms with E-state index < -0.39 is 0 Å². The Morgan fingerprint density at radius 3 is 1.98 bits per heavy atom. The van der Waals surface area contributed by atoms with E-state index in [4.69, 9.17) is 9.97 Å². The van der Waals surface area contributed by atoms with Gasteiger partial charge in [-0.3, -0.25) is 0 Å². The van der Waals surface area contributed by atoms with Crippen molar-refractivity contribution in [3.05, 3.63) is 145 Å². The van der Waals surface area contributed by atoms with Crippen molar-refractivity contribution < 1.29 is 0 Å². The monoisotopic (exact) mass is 524 g/mol. The molecule has 41 heavy (non-hydrogen) atoms. The number of aromatic nitrogens is 2. The van der Waals surface area contributed by atoms with Gasteiger partial charge in [0.05, 0.1) is 11.2 Å².